The number of methoxy groups -OCH3 is 1. The second-order valence-electron chi connectivity index (χ2n) is 7.76. The van der Waals surface area contributed by atoms with Gasteiger partial charge in [0.1, 0.15) is 16.5 Å². The maximum Gasteiger partial charge on any atom is 0.246 e. The second kappa shape index (κ2) is 7.80. The molecule has 0 bridgehead atoms. The van der Waals surface area contributed by atoms with E-state index in [9.17, 15) is 8.42 Å². The molecular weight excluding hydrogens is 386 g/mol. The Kier molecular flexibility index (Phi) is 5.36. The molecule has 1 fully saturated rings. The van der Waals surface area contributed by atoms with Gasteiger partial charge in [-0.15, -0.1) is 0 Å². The van der Waals surface area contributed by atoms with E-state index in [-0.39, 0.29) is 4.90 Å². The molecule has 0 N–H and O–H groups in total. The average Bonchev–Trinajstić information content (AvgIpc) is 3.03. The lowest BCUT2D eigenvalue weighted by molar-refractivity contribution is 0.253. The number of hydrogen-bond acceptors (Lipinski definition) is 4. The van der Waals surface area contributed by atoms with E-state index in [0.717, 1.165) is 41.8 Å². The minimum Gasteiger partial charge on any atom is -0.495 e. The zero-order valence-electron chi connectivity index (χ0n) is 17.1. The van der Waals surface area contributed by atoms with Gasteiger partial charge in [-0.25, -0.2) is 13.4 Å². The van der Waals surface area contributed by atoms with Crippen molar-refractivity contribution in [3.8, 4) is 5.75 Å². The summed E-state index contributed by atoms with van der Waals surface area (Å²) in [7, 11) is -2.06. The summed E-state index contributed by atoms with van der Waals surface area (Å²) < 4.78 is 35.6. The molecule has 1 aliphatic heterocycles. The minimum absolute atomic E-state index is 0.259. The molecule has 0 aliphatic carbocycles. The lowest BCUT2D eigenvalue weighted by Crippen LogP contribution is -2.39. The largest absolute Gasteiger partial charge is 0.495 e. The van der Waals surface area contributed by atoms with Crippen molar-refractivity contribution in [3.63, 3.8) is 0 Å². The Labute approximate surface area is 172 Å². The third-order valence-electron chi connectivity index (χ3n) is 5.80. The van der Waals surface area contributed by atoms with Crippen LogP contribution in [0.5, 0.6) is 5.75 Å². The van der Waals surface area contributed by atoms with Gasteiger partial charge in [0, 0.05) is 19.6 Å². The van der Waals surface area contributed by atoms with E-state index in [1.165, 1.54) is 7.11 Å². The van der Waals surface area contributed by atoms with Gasteiger partial charge in [-0.3, -0.25) is 0 Å². The molecule has 4 rings (SSSR count). The summed E-state index contributed by atoms with van der Waals surface area (Å²) in [5.74, 6) is 1.83. The van der Waals surface area contributed by atoms with Crippen molar-refractivity contribution in [3.05, 3.63) is 53.9 Å². The first-order valence-electron chi connectivity index (χ1n) is 9.97. The fourth-order valence-corrected chi connectivity index (χ4v) is 5.85. The first-order valence-corrected chi connectivity index (χ1v) is 11.4. The number of sulfonamides is 1. The van der Waals surface area contributed by atoms with Crippen LogP contribution in [-0.2, 0) is 16.6 Å². The highest BCUT2D eigenvalue weighted by atomic mass is 32.2. The molecular formula is C22H27N3O3S. The topological polar surface area (TPSA) is 64.4 Å². The van der Waals surface area contributed by atoms with Gasteiger partial charge in [0.05, 0.1) is 18.1 Å². The summed E-state index contributed by atoms with van der Waals surface area (Å²) in [5, 5.41) is 0. The maximum absolute atomic E-state index is 13.2. The van der Waals surface area contributed by atoms with Crippen LogP contribution in [0.4, 0.5) is 0 Å². The summed E-state index contributed by atoms with van der Waals surface area (Å²) in [4.78, 5) is 4.90. The molecule has 1 saturated heterocycles. The SMILES string of the molecule is COc1ccc(C)cc1S(=O)(=O)N1CCC(Cn2c(C)nc3ccccc32)CC1. The number of hydrogen-bond donors (Lipinski definition) is 0. The number of rotatable bonds is 5. The van der Waals surface area contributed by atoms with Crippen LogP contribution < -0.4 is 4.74 Å². The van der Waals surface area contributed by atoms with Gasteiger partial charge in [-0.2, -0.15) is 4.31 Å². The minimum atomic E-state index is -3.57. The summed E-state index contributed by atoms with van der Waals surface area (Å²) in [6.07, 6.45) is 1.67. The molecule has 7 heteroatoms. The third kappa shape index (κ3) is 3.76. The summed E-state index contributed by atoms with van der Waals surface area (Å²) in [6, 6.07) is 13.4. The fourth-order valence-electron chi connectivity index (χ4n) is 4.14. The number of fused-ring (bicyclic) bond motifs is 1. The van der Waals surface area contributed by atoms with Crippen LogP contribution in [-0.4, -0.2) is 42.5 Å². The van der Waals surface area contributed by atoms with Crippen LogP contribution in [0.15, 0.2) is 47.4 Å². The zero-order chi connectivity index (χ0) is 20.6. The van der Waals surface area contributed by atoms with Crippen molar-refractivity contribution in [2.45, 2.75) is 38.1 Å². The van der Waals surface area contributed by atoms with Gasteiger partial charge in [0.25, 0.3) is 0 Å². The van der Waals surface area contributed by atoms with Gasteiger partial charge >= 0.3 is 0 Å². The molecule has 1 aliphatic rings. The second-order valence-corrected chi connectivity index (χ2v) is 9.67. The quantitative estimate of drug-likeness (QED) is 0.639. The molecule has 154 valence electrons. The molecule has 0 atom stereocenters. The van der Waals surface area contributed by atoms with E-state index < -0.39 is 10.0 Å². The van der Waals surface area contributed by atoms with Crippen molar-refractivity contribution in [2.75, 3.05) is 20.2 Å². The molecule has 29 heavy (non-hydrogen) atoms. The number of aryl methyl sites for hydroxylation is 2. The molecule has 0 radical (unpaired) electrons. The Morgan fingerprint density at radius 1 is 1.10 bits per heavy atom. The molecule has 2 heterocycles. The van der Waals surface area contributed by atoms with Crippen molar-refractivity contribution in [1.82, 2.24) is 13.9 Å². The van der Waals surface area contributed by atoms with E-state index in [4.69, 9.17) is 4.74 Å². The third-order valence-corrected chi connectivity index (χ3v) is 7.72. The monoisotopic (exact) mass is 413 g/mol. The highest BCUT2D eigenvalue weighted by molar-refractivity contribution is 7.89. The number of para-hydroxylation sites is 2. The number of imidazole rings is 1. The highest BCUT2D eigenvalue weighted by Crippen LogP contribution is 2.31. The Bertz CT molecular complexity index is 1130. The van der Waals surface area contributed by atoms with Crippen LogP contribution in [0.2, 0.25) is 0 Å². The summed E-state index contributed by atoms with van der Waals surface area (Å²) in [5.41, 5.74) is 3.06. The fraction of sp³-hybridized carbons (Fsp3) is 0.409. The molecule has 2 aromatic carbocycles. The van der Waals surface area contributed by atoms with Gasteiger partial charge in [-0.05, 0) is 62.4 Å². The molecule has 0 spiro atoms. The van der Waals surface area contributed by atoms with E-state index in [2.05, 4.69) is 15.6 Å². The molecule has 6 nitrogen and oxygen atoms in total. The molecule has 1 aromatic heterocycles. The van der Waals surface area contributed by atoms with Gasteiger partial charge in [-0.1, -0.05) is 18.2 Å². The molecule has 3 aromatic rings. The first kappa shape index (κ1) is 19.9. The maximum atomic E-state index is 13.2. The van der Waals surface area contributed by atoms with E-state index in [0.29, 0.717) is 24.8 Å². The van der Waals surface area contributed by atoms with E-state index in [1.54, 1.807) is 16.4 Å². The Balaban J connectivity index is 1.49. The molecule has 0 unspecified atom stereocenters. The number of benzene rings is 2. The predicted molar refractivity (Wildman–Crippen MR) is 114 cm³/mol. The average molecular weight is 414 g/mol. The van der Waals surface area contributed by atoms with Crippen molar-refractivity contribution in [1.29, 1.82) is 0 Å². The first-order chi connectivity index (χ1) is 13.9. The smallest absolute Gasteiger partial charge is 0.246 e. The van der Waals surface area contributed by atoms with Crippen molar-refractivity contribution >= 4 is 21.1 Å². The predicted octanol–water partition coefficient (Wildman–Crippen LogP) is 3.76. The van der Waals surface area contributed by atoms with Crippen molar-refractivity contribution in [2.24, 2.45) is 5.92 Å². The van der Waals surface area contributed by atoms with Crippen LogP contribution in [0.3, 0.4) is 0 Å². The van der Waals surface area contributed by atoms with E-state index >= 15 is 0 Å². The summed E-state index contributed by atoms with van der Waals surface area (Å²) in [6.45, 7) is 5.84. The number of nitrogens with zero attached hydrogens (tertiary/aromatic N) is 3. The highest BCUT2D eigenvalue weighted by Gasteiger charge is 2.32. The van der Waals surface area contributed by atoms with E-state index in [1.807, 2.05) is 38.1 Å². The van der Waals surface area contributed by atoms with Crippen LogP contribution in [0.25, 0.3) is 11.0 Å². The summed E-state index contributed by atoms with van der Waals surface area (Å²) >= 11 is 0. The Morgan fingerprint density at radius 3 is 2.55 bits per heavy atom. The van der Waals surface area contributed by atoms with Gasteiger partial charge in [0.15, 0.2) is 0 Å². The Morgan fingerprint density at radius 2 is 1.83 bits per heavy atom. The van der Waals surface area contributed by atoms with Crippen LogP contribution in [0.1, 0.15) is 24.2 Å². The molecule has 0 saturated carbocycles. The Hall–Kier alpha value is -2.38. The number of aromatic nitrogens is 2. The lowest BCUT2D eigenvalue weighted by atomic mass is 9.98. The van der Waals surface area contributed by atoms with Crippen molar-refractivity contribution < 1.29 is 13.2 Å². The lowest BCUT2D eigenvalue weighted by Gasteiger charge is -2.32. The van der Waals surface area contributed by atoms with Gasteiger partial charge < -0.3 is 9.30 Å². The van der Waals surface area contributed by atoms with Gasteiger partial charge in [0.2, 0.25) is 10.0 Å². The number of ether oxygens (including phenoxy) is 1. The molecule has 0 amide bonds. The zero-order valence-corrected chi connectivity index (χ0v) is 17.9. The standard InChI is InChI=1S/C22H27N3O3S/c1-16-8-9-21(28-3)22(14-16)29(26,27)24-12-10-18(11-13-24)15-25-17(2)23-19-6-4-5-7-20(19)25/h4-9,14,18H,10-13,15H2,1-3H3. The van der Waals surface area contributed by atoms with Crippen LogP contribution in [0, 0.1) is 19.8 Å². The normalized spacial score (nSPS) is 16.4. The number of piperidine rings is 1. The van der Waals surface area contributed by atoms with Crippen LogP contribution >= 0.6 is 0 Å².